The summed E-state index contributed by atoms with van der Waals surface area (Å²) in [5, 5.41) is 2.83. The van der Waals surface area contributed by atoms with Crippen molar-refractivity contribution in [3.8, 4) is 11.5 Å². The summed E-state index contributed by atoms with van der Waals surface area (Å²) in [5.41, 5.74) is 1.99. The van der Waals surface area contributed by atoms with Crippen molar-refractivity contribution >= 4 is 17.6 Å². The van der Waals surface area contributed by atoms with Crippen LogP contribution in [0.5, 0.6) is 11.5 Å². The van der Waals surface area contributed by atoms with Crippen molar-refractivity contribution in [3.63, 3.8) is 0 Å². The molecular formula is C20H23NO5. The van der Waals surface area contributed by atoms with E-state index in [9.17, 15) is 9.59 Å². The lowest BCUT2D eigenvalue weighted by Gasteiger charge is -2.16. The molecule has 0 aliphatic heterocycles. The van der Waals surface area contributed by atoms with Gasteiger partial charge in [-0.25, -0.2) is 4.79 Å². The standard InChI is InChI=1S/C20H23NO5/c1-13(17-10-9-16(24-2)12-18(17)25-3)11-19(22)21-15-7-5-14(6-8-15)20(23)26-4/h5-10,12-13H,11H2,1-4H3,(H,21,22). The Morgan fingerprint density at radius 2 is 1.69 bits per heavy atom. The predicted octanol–water partition coefficient (Wildman–Crippen LogP) is 3.62. The van der Waals surface area contributed by atoms with Crippen molar-refractivity contribution in [1.29, 1.82) is 0 Å². The number of benzene rings is 2. The Kier molecular flexibility index (Phi) is 6.60. The van der Waals surface area contributed by atoms with Crippen LogP contribution in [0.3, 0.4) is 0 Å². The SMILES string of the molecule is COC(=O)c1ccc(NC(=O)CC(C)c2ccc(OC)cc2OC)cc1. The maximum absolute atomic E-state index is 12.3. The lowest BCUT2D eigenvalue weighted by atomic mass is 9.96. The normalized spacial score (nSPS) is 11.4. The van der Waals surface area contributed by atoms with Gasteiger partial charge in [0.25, 0.3) is 0 Å². The molecule has 0 bridgehead atoms. The van der Waals surface area contributed by atoms with Gasteiger partial charge in [-0.05, 0) is 41.8 Å². The number of anilines is 1. The van der Waals surface area contributed by atoms with Crippen LogP contribution in [0, 0.1) is 0 Å². The van der Waals surface area contributed by atoms with Gasteiger partial charge in [0.1, 0.15) is 11.5 Å². The smallest absolute Gasteiger partial charge is 0.337 e. The van der Waals surface area contributed by atoms with Gasteiger partial charge in [0.15, 0.2) is 0 Å². The average molecular weight is 357 g/mol. The molecule has 6 heteroatoms. The third-order valence-corrected chi connectivity index (χ3v) is 4.05. The largest absolute Gasteiger partial charge is 0.497 e. The highest BCUT2D eigenvalue weighted by atomic mass is 16.5. The molecule has 0 radical (unpaired) electrons. The monoisotopic (exact) mass is 357 g/mol. The van der Waals surface area contributed by atoms with Gasteiger partial charge < -0.3 is 19.5 Å². The first-order valence-corrected chi connectivity index (χ1v) is 8.18. The van der Waals surface area contributed by atoms with E-state index in [1.165, 1.54) is 7.11 Å². The number of carbonyl (C=O) groups is 2. The lowest BCUT2D eigenvalue weighted by molar-refractivity contribution is -0.116. The number of methoxy groups -OCH3 is 3. The molecule has 0 aromatic heterocycles. The third-order valence-electron chi connectivity index (χ3n) is 4.05. The van der Waals surface area contributed by atoms with Gasteiger partial charge in [-0.2, -0.15) is 0 Å². The van der Waals surface area contributed by atoms with Gasteiger partial charge >= 0.3 is 5.97 Å². The number of nitrogens with one attached hydrogen (secondary N) is 1. The van der Waals surface area contributed by atoms with Gasteiger partial charge in [-0.1, -0.05) is 13.0 Å². The molecule has 2 rings (SSSR count). The molecule has 0 spiro atoms. The first-order chi connectivity index (χ1) is 12.5. The average Bonchev–Trinajstić information content (AvgIpc) is 2.67. The molecule has 0 saturated carbocycles. The Morgan fingerprint density at radius 3 is 2.27 bits per heavy atom. The van der Waals surface area contributed by atoms with Crippen LogP contribution in [0.1, 0.15) is 35.2 Å². The van der Waals surface area contributed by atoms with Crippen molar-refractivity contribution in [2.24, 2.45) is 0 Å². The Bertz CT molecular complexity index is 770. The van der Waals surface area contributed by atoms with Crippen LogP contribution >= 0.6 is 0 Å². The minimum absolute atomic E-state index is 0.0369. The summed E-state index contributed by atoms with van der Waals surface area (Å²) in [4.78, 5) is 23.8. The molecule has 1 N–H and O–H groups in total. The molecule has 0 aliphatic rings. The molecular weight excluding hydrogens is 334 g/mol. The van der Waals surface area contributed by atoms with Gasteiger partial charge in [-0.15, -0.1) is 0 Å². The Morgan fingerprint density at radius 1 is 1.00 bits per heavy atom. The highest BCUT2D eigenvalue weighted by molar-refractivity contribution is 5.93. The van der Waals surface area contributed by atoms with E-state index in [4.69, 9.17) is 9.47 Å². The summed E-state index contributed by atoms with van der Waals surface area (Å²) >= 11 is 0. The third kappa shape index (κ3) is 4.75. The summed E-state index contributed by atoms with van der Waals surface area (Å²) in [6, 6.07) is 12.1. The number of amides is 1. The highest BCUT2D eigenvalue weighted by Crippen LogP contribution is 2.32. The van der Waals surface area contributed by atoms with E-state index in [-0.39, 0.29) is 11.8 Å². The molecule has 2 aromatic carbocycles. The zero-order chi connectivity index (χ0) is 19.1. The van der Waals surface area contributed by atoms with E-state index in [1.54, 1.807) is 44.6 Å². The zero-order valence-electron chi connectivity index (χ0n) is 15.4. The zero-order valence-corrected chi connectivity index (χ0v) is 15.4. The van der Waals surface area contributed by atoms with Crippen molar-refractivity contribution in [2.75, 3.05) is 26.6 Å². The van der Waals surface area contributed by atoms with E-state index >= 15 is 0 Å². The van der Waals surface area contributed by atoms with Crippen molar-refractivity contribution in [3.05, 3.63) is 53.6 Å². The number of ether oxygens (including phenoxy) is 3. The second-order valence-electron chi connectivity index (χ2n) is 5.83. The Labute approximate surface area is 153 Å². The van der Waals surface area contributed by atoms with Crippen molar-refractivity contribution in [1.82, 2.24) is 0 Å². The van der Waals surface area contributed by atoms with Gasteiger partial charge in [0.05, 0.1) is 26.9 Å². The Hall–Kier alpha value is -3.02. The maximum atomic E-state index is 12.3. The molecule has 6 nitrogen and oxygen atoms in total. The minimum atomic E-state index is -0.414. The van der Waals surface area contributed by atoms with Crippen molar-refractivity contribution in [2.45, 2.75) is 19.3 Å². The van der Waals surface area contributed by atoms with E-state index in [0.717, 1.165) is 5.56 Å². The van der Waals surface area contributed by atoms with Crippen LogP contribution < -0.4 is 14.8 Å². The van der Waals surface area contributed by atoms with Crippen LogP contribution in [-0.4, -0.2) is 33.2 Å². The molecule has 2 aromatic rings. The van der Waals surface area contributed by atoms with Gasteiger partial charge in [-0.3, -0.25) is 4.79 Å². The van der Waals surface area contributed by atoms with Gasteiger partial charge in [0.2, 0.25) is 5.91 Å². The molecule has 1 amide bonds. The Balaban J connectivity index is 2.02. The number of esters is 1. The molecule has 0 saturated heterocycles. The quantitative estimate of drug-likeness (QED) is 0.766. The van der Waals surface area contributed by atoms with Crippen LogP contribution in [0.25, 0.3) is 0 Å². The van der Waals surface area contributed by atoms with Crippen molar-refractivity contribution < 1.29 is 23.8 Å². The summed E-state index contributed by atoms with van der Waals surface area (Å²) in [5.74, 6) is 0.814. The lowest BCUT2D eigenvalue weighted by Crippen LogP contribution is -2.15. The summed E-state index contributed by atoms with van der Waals surface area (Å²) in [6.07, 6.45) is 0.293. The topological polar surface area (TPSA) is 73.9 Å². The fourth-order valence-electron chi connectivity index (χ4n) is 2.63. The van der Waals surface area contributed by atoms with Crippen LogP contribution in [0.2, 0.25) is 0 Å². The van der Waals surface area contributed by atoms with E-state index < -0.39 is 5.97 Å². The van der Waals surface area contributed by atoms with E-state index in [1.807, 2.05) is 19.1 Å². The van der Waals surface area contributed by atoms with Crippen LogP contribution in [0.4, 0.5) is 5.69 Å². The minimum Gasteiger partial charge on any atom is -0.497 e. The first kappa shape index (κ1) is 19.3. The fraction of sp³-hybridized carbons (Fsp3) is 0.300. The molecule has 26 heavy (non-hydrogen) atoms. The maximum Gasteiger partial charge on any atom is 0.337 e. The summed E-state index contributed by atoms with van der Waals surface area (Å²) in [6.45, 7) is 1.96. The molecule has 1 unspecified atom stereocenters. The summed E-state index contributed by atoms with van der Waals surface area (Å²) in [7, 11) is 4.51. The molecule has 0 heterocycles. The van der Waals surface area contributed by atoms with E-state index in [2.05, 4.69) is 10.1 Å². The summed E-state index contributed by atoms with van der Waals surface area (Å²) < 4.78 is 15.2. The number of hydrogen-bond donors (Lipinski definition) is 1. The highest BCUT2D eigenvalue weighted by Gasteiger charge is 2.16. The molecule has 0 fully saturated rings. The second kappa shape index (κ2) is 8.89. The first-order valence-electron chi connectivity index (χ1n) is 8.18. The number of hydrogen-bond acceptors (Lipinski definition) is 5. The van der Waals surface area contributed by atoms with Gasteiger partial charge in [0, 0.05) is 18.2 Å². The number of carbonyl (C=O) groups excluding carboxylic acids is 2. The van der Waals surface area contributed by atoms with Crippen LogP contribution in [-0.2, 0) is 9.53 Å². The number of rotatable bonds is 7. The van der Waals surface area contributed by atoms with E-state index in [0.29, 0.717) is 29.2 Å². The fourth-order valence-corrected chi connectivity index (χ4v) is 2.63. The molecule has 1 atom stereocenters. The predicted molar refractivity (Wildman–Crippen MR) is 99.0 cm³/mol. The second-order valence-corrected chi connectivity index (χ2v) is 5.83. The van der Waals surface area contributed by atoms with Crippen LogP contribution in [0.15, 0.2) is 42.5 Å². The molecule has 138 valence electrons. The molecule has 0 aliphatic carbocycles.